The van der Waals surface area contributed by atoms with Crippen molar-refractivity contribution in [3.05, 3.63) is 46.9 Å². The first-order valence-electron chi connectivity index (χ1n) is 11.6. The van der Waals surface area contributed by atoms with Crippen molar-refractivity contribution in [2.45, 2.75) is 44.7 Å². The quantitative estimate of drug-likeness (QED) is 0.675. The number of aliphatic hydroxyl groups excluding tert-OH is 2. The number of aryl methyl sites for hydroxylation is 1. The van der Waals surface area contributed by atoms with Crippen LogP contribution in [0.2, 0.25) is 0 Å². The molecule has 0 radical (unpaired) electrons. The highest BCUT2D eigenvalue weighted by molar-refractivity contribution is 5.40. The second kappa shape index (κ2) is 9.11. The van der Waals surface area contributed by atoms with Gasteiger partial charge in [-0.2, -0.15) is 0 Å². The van der Waals surface area contributed by atoms with Gasteiger partial charge in [0.25, 0.3) is 0 Å². The highest BCUT2D eigenvalue weighted by Crippen LogP contribution is 2.34. The van der Waals surface area contributed by atoms with E-state index in [1.807, 2.05) is 32.0 Å². The summed E-state index contributed by atoms with van der Waals surface area (Å²) in [5, 5.41) is 32.1. The second-order valence-electron chi connectivity index (χ2n) is 9.36. The third kappa shape index (κ3) is 4.53. The van der Waals surface area contributed by atoms with Crippen molar-refractivity contribution in [2.75, 3.05) is 45.9 Å². The lowest BCUT2D eigenvalue weighted by Crippen LogP contribution is -2.57. The molecule has 0 amide bonds. The number of benzene rings is 1. The zero-order valence-corrected chi connectivity index (χ0v) is 19.2. The Morgan fingerprint density at radius 1 is 1.21 bits per heavy atom. The first-order valence-corrected chi connectivity index (χ1v) is 11.6. The summed E-state index contributed by atoms with van der Waals surface area (Å²) >= 11 is 0. The van der Waals surface area contributed by atoms with Crippen molar-refractivity contribution in [1.29, 1.82) is 0 Å². The Kier molecular flexibility index (Phi) is 6.19. The van der Waals surface area contributed by atoms with Gasteiger partial charge in [0.15, 0.2) is 6.29 Å². The van der Waals surface area contributed by atoms with Crippen LogP contribution in [0.5, 0.6) is 0 Å². The lowest BCUT2D eigenvalue weighted by Gasteiger charge is -2.48. The summed E-state index contributed by atoms with van der Waals surface area (Å²) in [6.07, 6.45) is 2.05. The molecule has 2 saturated heterocycles. The van der Waals surface area contributed by atoms with Crippen molar-refractivity contribution in [2.24, 2.45) is 0 Å². The SMILES string of the molecule is CC1=C(N2CCOC3(CCN(CC(O)c4ccc(-n5cnnn5)cc4C)CC3)C2)COC1O. The van der Waals surface area contributed by atoms with Crippen LogP contribution < -0.4 is 0 Å². The number of tetrazole rings is 1. The summed E-state index contributed by atoms with van der Waals surface area (Å²) in [5.74, 6) is 0. The van der Waals surface area contributed by atoms with Gasteiger partial charge in [-0.25, -0.2) is 4.68 Å². The number of hydrogen-bond acceptors (Lipinski definition) is 9. The van der Waals surface area contributed by atoms with Gasteiger partial charge in [-0.3, -0.25) is 0 Å². The number of β-amino-alcohol motifs (C(OH)–C–C–N with tert-alkyl or cyclic N) is 1. The zero-order chi connectivity index (χ0) is 23.0. The maximum atomic E-state index is 10.9. The Hall–Kier alpha value is -2.37. The van der Waals surface area contributed by atoms with Crippen LogP contribution in [0, 0.1) is 6.92 Å². The molecule has 2 fully saturated rings. The average molecular weight is 457 g/mol. The Morgan fingerprint density at radius 2 is 2.03 bits per heavy atom. The number of rotatable bonds is 5. The fraction of sp³-hybridized carbons (Fsp3) is 0.609. The third-order valence-electron chi connectivity index (χ3n) is 7.26. The minimum atomic E-state index is -0.785. The number of piperidine rings is 1. The number of ether oxygens (including phenoxy) is 2. The van der Waals surface area contributed by atoms with Gasteiger partial charge in [-0.05, 0) is 60.4 Å². The normalized spacial score (nSPS) is 24.6. The summed E-state index contributed by atoms with van der Waals surface area (Å²) in [6, 6.07) is 5.88. The summed E-state index contributed by atoms with van der Waals surface area (Å²) < 4.78 is 13.3. The van der Waals surface area contributed by atoms with E-state index in [0.717, 1.165) is 67.1 Å². The molecule has 2 unspecified atom stereocenters. The van der Waals surface area contributed by atoms with Crippen molar-refractivity contribution in [1.82, 2.24) is 30.0 Å². The van der Waals surface area contributed by atoms with Gasteiger partial charge in [-0.15, -0.1) is 5.10 Å². The fourth-order valence-corrected chi connectivity index (χ4v) is 5.20. The standard InChI is InChI=1S/C23H32N6O4/c1-16-11-18(29-15-24-25-26-29)3-4-19(16)21(30)12-27-7-5-23(6-8-27)14-28(9-10-33-23)20-13-32-22(31)17(20)2/h3-4,11,15,21-22,30-31H,5-10,12-14H2,1-2H3. The molecule has 3 aliphatic rings. The molecule has 2 aromatic rings. The van der Waals surface area contributed by atoms with E-state index < -0.39 is 12.4 Å². The van der Waals surface area contributed by atoms with Crippen LogP contribution in [0.1, 0.15) is 37.0 Å². The van der Waals surface area contributed by atoms with Crippen molar-refractivity contribution in [3.63, 3.8) is 0 Å². The van der Waals surface area contributed by atoms with E-state index in [9.17, 15) is 10.2 Å². The molecule has 0 aliphatic carbocycles. The van der Waals surface area contributed by atoms with Crippen LogP contribution in [0.3, 0.4) is 0 Å². The molecule has 10 nitrogen and oxygen atoms in total. The van der Waals surface area contributed by atoms with E-state index in [0.29, 0.717) is 19.8 Å². The van der Waals surface area contributed by atoms with E-state index in [2.05, 4.69) is 25.3 Å². The number of likely N-dealkylation sites (tertiary alicyclic amines) is 1. The van der Waals surface area contributed by atoms with Gasteiger partial charge in [0.1, 0.15) is 6.33 Å². The van der Waals surface area contributed by atoms with E-state index in [-0.39, 0.29) is 5.60 Å². The predicted octanol–water partition coefficient (Wildman–Crippen LogP) is 0.794. The maximum Gasteiger partial charge on any atom is 0.179 e. The van der Waals surface area contributed by atoms with Crippen molar-refractivity contribution >= 4 is 0 Å². The molecule has 0 bridgehead atoms. The third-order valence-corrected chi connectivity index (χ3v) is 7.26. The summed E-state index contributed by atoms with van der Waals surface area (Å²) in [7, 11) is 0. The molecule has 178 valence electrons. The Bertz CT molecular complexity index is 1000. The fourth-order valence-electron chi connectivity index (χ4n) is 5.20. The van der Waals surface area contributed by atoms with E-state index >= 15 is 0 Å². The van der Waals surface area contributed by atoms with Gasteiger partial charge in [-0.1, -0.05) is 6.07 Å². The monoisotopic (exact) mass is 456 g/mol. The van der Waals surface area contributed by atoms with Gasteiger partial charge < -0.3 is 29.5 Å². The van der Waals surface area contributed by atoms with Crippen molar-refractivity contribution < 1.29 is 19.7 Å². The van der Waals surface area contributed by atoms with Gasteiger partial charge >= 0.3 is 0 Å². The highest BCUT2D eigenvalue weighted by atomic mass is 16.6. The molecule has 0 saturated carbocycles. The molecule has 2 N–H and O–H groups in total. The second-order valence-corrected chi connectivity index (χ2v) is 9.36. The highest BCUT2D eigenvalue weighted by Gasteiger charge is 2.41. The van der Waals surface area contributed by atoms with Crippen LogP contribution in [-0.4, -0.2) is 98.0 Å². The minimum absolute atomic E-state index is 0.177. The molecule has 1 aromatic carbocycles. The van der Waals surface area contributed by atoms with Gasteiger partial charge in [0.05, 0.1) is 30.6 Å². The lowest BCUT2D eigenvalue weighted by atomic mass is 9.88. The number of aliphatic hydroxyl groups is 2. The van der Waals surface area contributed by atoms with Crippen LogP contribution in [-0.2, 0) is 9.47 Å². The molecular formula is C23H32N6O4. The molecule has 1 aromatic heterocycles. The number of morpholine rings is 1. The molecule has 1 spiro atoms. The van der Waals surface area contributed by atoms with Crippen LogP contribution >= 0.6 is 0 Å². The zero-order valence-electron chi connectivity index (χ0n) is 19.2. The van der Waals surface area contributed by atoms with E-state index in [1.165, 1.54) is 0 Å². The molecule has 33 heavy (non-hydrogen) atoms. The topological polar surface area (TPSA) is 109 Å². The Labute approximate surface area is 193 Å². The molecule has 3 aliphatic heterocycles. The van der Waals surface area contributed by atoms with Crippen molar-refractivity contribution in [3.8, 4) is 5.69 Å². The average Bonchev–Trinajstić information content (AvgIpc) is 3.46. The molecule has 4 heterocycles. The molecular weight excluding hydrogens is 424 g/mol. The number of nitrogens with zero attached hydrogens (tertiary/aromatic N) is 6. The first kappa shape index (κ1) is 22.4. The summed E-state index contributed by atoms with van der Waals surface area (Å²) in [6.45, 7) is 9.09. The number of aromatic nitrogens is 4. The van der Waals surface area contributed by atoms with E-state index in [4.69, 9.17) is 9.47 Å². The van der Waals surface area contributed by atoms with Crippen LogP contribution in [0.25, 0.3) is 5.69 Å². The first-order chi connectivity index (χ1) is 15.9. The van der Waals surface area contributed by atoms with Crippen LogP contribution in [0.15, 0.2) is 35.8 Å². The smallest absolute Gasteiger partial charge is 0.179 e. The Balaban J connectivity index is 1.18. The van der Waals surface area contributed by atoms with Crippen LogP contribution in [0.4, 0.5) is 0 Å². The predicted molar refractivity (Wildman–Crippen MR) is 119 cm³/mol. The van der Waals surface area contributed by atoms with Gasteiger partial charge in [0, 0.05) is 44.0 Å². The largest absolute Gasteiger partial charge is 0.387 e. The Morgan fingerprint density at radius 3 is 2.70 bits per heavy atom. The molecule has 10 heteroatoms. The number of hydrogen-bond donors (Lipinski definition) is 2. The molecule has 2 atom stereocenters. The maximum absolute atomic E-state index is 10.9. The summed E-state index contributed by atoms with van der Waals surface area (Å²) in [5.41, 5.74) is 4.65. The van der Waals surface area contributed by atoms with Gasteiger partial charge in [0.2, 0.25) is 0 Å². The minimum Gasteiger partial charge on any atom is -0.387 e. The lowest BCUT2D eigenvalue weighted by molar-refractivity contribution is -0.132. The molecule has 5 rings (SSSR count). The van der Waals surface area contributed by atoms with E-state index in [1.54, 1.807) is 11.0 Å². The summed E-state index contributed by atoms with van der Waals surface area (Å²) in [4.78, 5) is 4.65.